The van der Waals surface area contributed by atoms with Crippen molar-refractivity contribution in [3.8, 4) is 0 Å². The molecular formula is C10H16N2O2S. The molecule has 1 aromatic rings. The number of nitrogens with one attached hydrogen (secondary N) is 1. The van der Waals surface area contributed by atoms with Gasteiger partial charge in [0.1, 0.15) is 10.6 Å². The van der Waals surface area contributed by atoms with Crippen molar-refractivity contribution in [3.63, 3.8) is 0 Å². The lowest BCUT2D eigenvalue weighted by Crippen LogP contribution is -2.24. The van der Waals surface area contributed by atoms with Crippen LogP contribution in [0.25, 0.3) is 0 Å². The Bertz CT molecular complexity index is 341. The summed E-state index contributed by atoms with van der Waals surface area (Å²) in [6.07, 6.45) is 0. The highest BCUT2D eigenvalue weighted by Crippen LogP contribution is 2.14. The Morgan fingerprint density at radius 2 is 2.27 bits per heavy atom. The molecule has 0 atom stereocenters. The van der Waals surface area contributed by atoms with Gasteiger partial charge in [-0.2, -0.15) is 0 Å². The van der Waals surface area contributed by atoms with Crippen molar-refractivity contribution in [1.29, 1.82) is 0 Å². The molecule has 0 spiro atoms. The van der Waals surface area contributed by atoms with E-state index in [0.717, 1.165) is 5.01 Å². The van der Waals surface area contributed by atoms with Gasteiger partial charge in [0.05, 0.1) is 0 Å². The molecule has 1 N–H and O–H groups in total. The van der Waals surface area contributed by atoms with Crippen LogP contribution in [0.15, 0.2) is 5.38 Å². The average molecular weight is 228 g/mol. The minimum Gasteiger partial charge on any atom is -0.455 e. The molecule has 4 nitrogen and oxygen atoms in total. The number of ether oxygens (including phenoxy) is 1. The molecule has 0 aliphatic rings. The fourth-order valence-electron chi connectivity index (χ4n) is 0.967. The van der Waals surface area contributed by atoms with E-state index < -0.39 is 5.60 Å². The maximum Gasteiger partial charge on any atom is 0.358 e. The van der Waals surface area contributed by atoms with Gasteiger partial charge in [-0.25, -0.2) is 9.78 Å². The summed E-state index contributed by atoms with van der Waals surface area (Å²) in [5.74, 6) is -0.360. The molecule has 0 aliphatic heterocycles. The molecule has 84 valence electrons. The Kier molecular flexibility index (Phi) is 3.82. The van der Waals surface area contributed by atoms with Crippen LogP contribution in [0.2, 0.25) is 0 Å². The third kappa shape index (κ3) is 3.97. The van der Waals surface area contributed by atoms with Gasteiger partial charge < -0.3 is 10.1 Å². The van der Waals surface area contributed by atoms with E-state index in [4.69, 9.17) is 4.74 Å². The number of carbonyl (C=O) groups excluding carboxylic acids is 1. The second-order valence-corrected chi connectivity index (χ2v) is 5.10. The third-order valence-electron chi connectivity index (χ3n) is 1.49. The van der Waals surface area contributed by atoms with E-state index in [1.54, 1.807) is 5.38 Å². The highest BCUT2D eigenvalue weighted by Gasteiger charge is 2.19. The average Bonchev–Trinajstić information content (AvgIpc) is 2.50. The lowest BCUT2D eigenvalue weighted by molar-refractivity contribution is 0.00635. The van der Waals surface area contributed by atoms with Crippen molar-refractivity contribution < 1.29 is 9.53 Å². The third-order valence-corrected chi connectivity index (χ3v) is 2.34. The minimum atomic E-state index is -0.468. The summed E-state index contributed by atoms with van der Waals surface area (Å²) in [6, 6.07) is 0. The summed E-state index contributed by atoms with van der Waals surface area (Å²) in [4.78, 5) is 15.7. The zero-order chi connectivity index (χ0) is 11.5. The molecule has 0 saturated carbocycles. The van der Waals surface area contributed by atoms with Gasteiger partial charge in [0.15, 0.2) is 5.69 Å². The van der Waals surface area contributed by atoms with E-state index in [9.17, 15) is 4.79 Å². The lowest BCUT2D eigenvalue weighted by Gasteiger charge is -2.18. The number of carbonyl (C=O) groups is 1. The molecule has 0 fully saturated rings. The minimum absolute atomic E-state index is 0.360. The van der Waals surface area contributed by atoms with E-state index in [1.807, 2.05) is 27.8 Å². The van der Waals surface area contributed by atoms with Gasteiger partial charge in [-0.15, -0.1) is 11.3 Å². The summed E-state index contributed by atoms with van der Waals surface area (Å²) in [6.45, 7) is 6.19. The highest BCUT2D eigenvalue weighted by atomic mass is 32.1. The zero-order valence-corrected chi connectivity index (χ0v) is 10.3. The molecule has 0 unspecified atom stereocenters. The molecule has 0 saturated heterocycles. The maximum absolute atomic E-state index is 11.6. The van der Waals surface area contributed by atoms with E-state index in [0.29, 0.717) is 12.2 Å². The molecular weight excluding hydrogens is 212 g/mol. The smallest absolute Gasteiger partial charge is 0.358 e. The van der Waals surface area contributed by atoms with Crippen LogP contribution in [0.1, 0.15) is 36.3 Å². The Labute approximate surface area is 93.7 Å². The normalized spacial score (nSPS) is 11.5. The van der Waals surface area contributed by atoms with Crippen LogP contribution >= 0.6 is 11.3 Å². The van der Waals surface area contributed by atoms with E-state index in [2.05, 4.69) is 10.3 Å². The van der Waals surface area contributed by atoms with Crippen molar-refractivity contribution >= 4 is 17.3 Å². The van der Waals surface area contributed by atoms with E-state index in [-0.39, 0.29) is 5.97 Å². The number of thiazole rings is 1. The van der Waals surface area contributed by atoms with E-state index >= 15 is 0 Å². The molecule has 1 rings (SSSR count). The number of rotatable bonds is 3. The van der Waals surface area contributed by atoms with Gasteiger partial charge in [0, 0.05) is 11.9 Å². The van der Waals surface area contributed by atoms with Gasteiger partial charge in [0.25, 0.3) is 0 Å². The van der Waals surface area contributed by atoms with Crippen LogP contribution in [0.4, 0.5) is 0 Å². The van der Waals surface area contributed by atoms with Crippen molar-refractivity contribution in [3.05, 3.63) is 16.1 Å². The second-order valence-electron chi connectivity index (χ2n) is 4.16. The van der Waals surface area contributed by atoms with E-state index in [1.165, 1.54) is 11.3 Å². The number of hydrogen-bond donors (Lipinski definition) is 1. The van der Waals surface area contributed by atoms with Gasteiger partial charge in [-0.1, -0.05) is 0 Å². The van der Waals surface area contributed by atoms with Crippen LogP contribution in [-0.4, -0.2) is 23.6 Å². The fourth-order valence-corrected chi connectivity index (χ4v) is 1.74. The number of hydrogen-bond acceptors (Lipinski definition) is 5. The Morgan fingerprint density at radius 3 is 2.80 bits per heavy atom. The molecule has 1 aromatic heterocycles. The van der Waals surface area contributed by atoms with Gasteiger partial charge >= 0.3 is 5.97 Å². The largest absolute Gasteiger partial charge is 0.455 e. The standard InChI is InChI=1S/C10H16N2O2S/c1-10(2,3)14-9(13)7-6-15-8(12-7)5-11-4/h6,11H,5H2,1-4H3. The Hall–Kier alpha value is -0.940. The number of aromatic nitrogens is 1. The van der Waals surface area contributed by atoms with Gasteiger partial charge in [-0.05, 0) is 27.8 Å². The molecule has 5 heteroatoms. The summed E-state index contributed by atoms with van der Waals surface area (Å²) in [5.41, 5.74) is -0.0793. The monoisotopic (exact) mass is 228 g/mol. The molecule has 0 amide bonds. The summed E-state index contributed by atoms with van der Waals surface area (Å²) in [5, 5.41) is 5.59. The Morgan fingerprint density at radius 1 is 1.60 bits per heavy atom. The van der Waals surface area contributed by atoms with Crippen LogP contribution in [-0.2, 0) is 11.3 Å². The predicted molar refractivity (Wildman–Crippen MR) is 60.0 cm³/mol. The molecule has 0 aromatic carbocycles. The topological polar surface area (TPSA) is 51.2 Å². The Balaban J connectivity index is 2.66. The lowest BCUT2D eigenvalue weighted by atomic mass is 10.2. The summed E-state index contributed by atoms with van der Waals surface area (Å²) >= 11 is 1.45. The first-order valence-electron chi connectivity index (χ1n) is 4.75. The molecule has 1 heterocycles. The quantitative estimate of drug-likeness (QED) is 0.802. The van der Waals surface area contributed by atoms with Crippen molar-refractivity contribution in [2.24, 2.45) is 0 Å². The first kappa shape index (κ1) is 12.1. The first-order chi connectivity index (χ1) is 6.92. The molecule has 0 bridgehead atoms. The maximum atomic E-state index is 11.6. The predicted octanol–water partition coefficient (Wildman–Crippen LogP) is 1.82. The SMILES string of the molecule is CNCc1nc(C(=O)OC(C)(C)C)cs1. The molecule has 0 aliphatic carbocycles. The summed E-state index contributed by atoms with van der Waals surface area (Å²) < 4.78 is 5.20. The number of nitrogens with zero attached hydrogens (tertiary/aromatic N) is 1. The van der Waals surface area contributed by atoms with Gasteiger partial charge in [-0.3, -0.25) is 0 Å². The molecule has 15 heavy (non-hydrogen) atoms. The first-order valence-corrected chi connectivity index (χ1v) is 5.62. The second kappa shape index (κ2) is 4.72. The fraction of sp³-hybridized carbons (Fsp3) is 0.600. The van der Waals surface area contributed by atoms with Crippen LogP contribution in [0.3, 0.4) is 0 Å². The highest BCUT2D eigenvalue weighted by molar-refractivity contribution is 7.09. The van der Waals surface area contributed by atoms with Crippen molar-refractivity contribution in [2.45, 2.75) is 32.9 Å². The van der Waals surface area contributed by atoms with Gasteiger partial charge in [0.2, 0.25) is 0 Å². The molecule has 0 radical (unpaired) electrons. The zero-order valence-electron chi connectivity index (χ0n) is 9.46. The van der Waals surface area contributed by atoms with Crippen LogP contribution in [0, 0.1) is 0 Å². The van der Waals surface area contributed by atoms with Crippen molar-refractivity contribution in [1.82, 2.24) is 10.3 Å². The summed E-state index contributed by atoms with van der Waals surface area (Å²) in [7, 11) is 1.84. The van der Waals surface area contributed by atoms with Crippen LogP contribution < -0.4 is 5.32 Å². The van der Waals surface area contributed by atoms with Crippen molar-refractivity contribution in [2.75, 3.05) is 7.05 Å². The number of esters is 1. The van der Waals surface area contributed by atoms with Crippen LogP contribution in [0.5, 0.6) is 0 Å².